The molecule has 0 radical (unpaired) electrons. The van der Waals surface area contributed by atoms with E-state index in [4.69, 9.17) is 18.9 Å². The molecule has 2 fully saturated rings. The number of urea groups is 2. The molecule has 4 aromatic rings. The Hall–Kier alpha value is -7.16. The third kappa shape index (κ3) is 18.1. The van der Waals surface area contributed by atoms with Crippen molar-refractivity contribution in [3.63, 3.8) is 0 Å². The maximum absolute atomic E-state index is 14.9. The Morgan fingerprint density at radius 3 is 1.45 bits per heavy atom. The molecule has 6 rings (SSSR count). The van der Waals surface area contributed by atoms with Gasteiger partial charge in [-0.25, -0.2) is 37.5 Å². The number of hydrogen-bond acceptors (Lipinski definition) is 12. The molecule has 2 heterocycles. The lowest BCUT2D eigenvalue weighted by molar-refractivity contribution is 0.0165. The van der Waals surface area contributed by atoms with Crippen LogP contribution in [0.1, 0.15) is 73.4 Å². The molecule has 2 aliphatic heterocycles. The van der Waals surface area contributed by atoms with Crippen molar-refractivity contribution in [2.24, 2.45) is 0 Å². The second kappa shape index (κ2) is 27.0. The first-order chi connectivity index (χ1) is 34.5. The first-order valence-electron chi connectivity index (χ1n) is 23.1. The topological polar surface area (TPSA) is 186 Å². The lowest BCUT2D eigenvalue weighted by atomic mass is 10.1. The largest absolute Gasteiger partial charge is 0.497 e. The molecular weight excluding hydrogens is 1020 g/mol. The van der Waals surface area contributed by atoms with E-state index in [1.165, 1.54) is 50.5 Å². The molecule has 0 unspecified atom stereocenters. The number of carbonyl (C=O) groups is 6. The third-order valence-electron chi connectivity index (χ3n) is 10.8. The highest BCUT2D eigenvalue weighted by atomic mass is 79.9. The van der Waals surface area contributed by atoms with Gasteiger partial charge in [-0.2, -0.15) is 0 Å². The first-order valence-corrected chi connectivity index (χ1v) is 24.3. The molecule has 6 amide bonds. The normalized spacial score (nSPS) is 13.4. The van der Waals surface area contributed by atoms with Crippen molar-refractivity contribution >= 4 is 63.5 Å². The Labute approximate surface area is 433 Å². The van der Waals surface area contributed by atoms with Crippen molar-refractivity contribution in [3.8, 4) is 11.5 Å². The van der Waals surface area contributed by atoms with E-state index in [1.54, 1.807) is 89.9 Å². The maximum Gasteiger partial charge on any atom is 0.410 e. The minimum absolute atomic E-state index is 0.0778. The summed E-state index contributed by atoms with van der Waals surface area (Å²) in [5, 5.41) is 3.27. The highest BCUT2D eigenvalue weighted by Gasteiger charge is 2.32. The number of piperazine rings is 2. The summed E-state index contributed by atoms with van der Waals surface area (Å²) in [6, 6.07) is 21.8. The van der Waals surface area contributed by atoms with E-state index in [0.717, 1.165) is 6.07 Å². The van der Waals surface area contributed by atoms with Crippen molar-refractivity contribution in [3.05, 3.63) is 119 Å². The summed E-state index contributed by atoms with van der Waals surface area (Å²) < 4.78 is 58.3. The molecule has 0 atom stereocenters. The Bertz CT molecular complexity index is 2540. The fourth-order valence-corrected chi connectivity index (χ4v) is 7.39. The van der Waals surface area contributed by atoms with Crippen LogP contribution < -0.4 is 19.7 Å². The Morgan fingerprint density at radius 1 is 0.575 bits per heavy atom. The minimum atomic E-state index is -0.649. The number of amides is 6. The van der Waals surface area contributed by atoms with Crippen LogP contribution >= 0.6 is 15.9 Å². The second-order valence-corrected chi connectivity index (χ2v) is 18.9. The van der Waals surface area contributed by atoms with Gasteiger partial charge in [0, 0.05) is 86.8 Å². The van der Waals surface area contributed by atoms with Crippen molar-refractivity contribution < 1.29 is 66.0 Å². The molecule has 73 heavy (non-hydrogen) atoms. The number of rotatable bonds is 9. The van der Waals surface area contributed by atoms with Crippen LogP contribution in [0.3, 0.4) is 0 Å². The average Bonchev–Trinajstić information content (AvgIpc) is 3.37. The molecule has 0 saturated carbocycles. The van der Waals surface area contributed by atoms with Crippen LogP contribution in [-0.2, 0) is 30.8 Å². The van der Waals surface area contributed by atoms with E-state index < -0.39 is 40.9 Å². The molecule has 0 aromatic heterocycles. The van der Waals surface area contributed by atoms with Crippen LogP contribution in [0.4, 0.5) is 39.3 Å². The quantitative estimate of drug-likeness (QED) is 0.0952. The predicted molar refractivity (Wildman–Crippen MR) is 273 cm³/mol. The number of benzene rings is 4. The zero-order valence-electron chi connectivity index (χ0n) is 42.9. The van der Waals surface area contributed by atoms with Crippen LogP contribution in [0.2, 0.25) is 0 Å². The predicted octanol–water partition coefficient (Wildman–Crippen LogP) is 9.59. The molecule has 4 aromatic carbocycles. The molecule has 396 valence electrons. The van der Waals surface area contributed by atoms with Crippen molar-refractivity contribution in [1.29, 1.82) is 0 Å². The minimum Gasteiger partial charge on any atom is -0.497 e. The smallest absolute Gasteiger partial charge is 0.410 e. The maximum atomic E-state index is 14.9. The van der Waals surface area contributed by atoms with Gasteiger partial charge in [-0.1, -0.05) is 40.2 Å². The van der Waals surface area contributed by atoms with Crippen molar-refractivity contribution in [2.75, 3.05) is 91.0 Å². The molecule has 0 spiro atoms. The van der Waals surface area contributed by atoms with Gasteiger partial charge in [0.15, 0.2) is 0 Å². The van der Waals surface area contributed by atoms with Crippen LogP contribution in [0.5, 0.6) is 11.5 Å². The molecular formula is C52H65BrF2N6O12. The monoisotopic (exact) mass is 1080 g/mol. The van der Waals surface area contributed by atoms with Crippen LogP contribution in [0.25, 0.3) is 0 Å². The summed E-state index contributed by atoms with van der Waals surface area (Å²) in [6.45, 7) is 13.9. The standard InChI is InChI=1S/C26H32FN3O6.C17H25N3O4.C9H8BrFO2/c1-26(2,3)36-25(33)29-13-11-28(12-14-29)24(32)30(20-7-6-8-21(16-20)34-4)17-19-10-9-18(15-22(19)27)23(31)35-5;1-17(2,3)24-16(22)20-10-8-19(9-11-20)15(21)18-13-6-5-7-14(12-13)23-4;1-13-9(12)6-2-3-7(5-10)8(11)4-6/h6-10,15-16H,11-14,17H2,1-5H3;5-7,12H,8-11H2,1-4H3,(H,18,21);2-4H,5H2,1H3. The Morgan fingerprint density at radius 2 is 1.01 bits per heavy atom. The summed E-state index contributed by atoms with van der Waals surface area (Å²) in [4.78, 5) is 81.0. The third-order valence-corrected chi connectivity index (χ3v) is 11.4. The summed E-state index contributed by atoms with van der Waals surface area (Å²) in [6.07, 6.45) is -0.762. The van der Waals surface area contributed by atoms with Gasteiger partial charge in [0.1, 0.15) is 34.3 Å². The van der Waals surface area contributed by atoms with E-state index in [2.05, 4.69) is 30.7 Å². The molecule has 0 bridgehead atoms. The van der Waals surface area contributed by atoms with Gasteiger partial charge in [-0.15, -0.1) is 0 Å². The van der Waals surface area contributed by atoms with Crippen LogP contribution in [-0.4, -0.2) is 148 Å². The molecule has 0 aliphatic carbocycles. The Balaban J connectivity index is 0.000000267. The number of esters is 2. The summed E-state index contributed by atoms with van der Waals surface area (Å²) in [5.41, 5.74) is 1.12. The number of methoxy groups -OCH3 is 4. The van der Waals surface area contributed by atoms with Gasteiger partial charge in [0.25, 0.3) is 0 Å². The molecule has 2 saturated heterocycles. The molecule has 2 aliphatic rings. The SMILES string of the molecule is COC(=O)c1ccc(CBr)c(F)c1.COC(=O)c1ccc(CN(C(=O)N2CCN(C(=O)OC(C)(C)C)CC2)c2cccc(OC)c2)c(F)c1.COc1cccc(NC(=O)N2CCN(C(=O)OC(C)(C)C)CC2)c1. The zero-order chi connectivity index (χ0) is 54.0. The Kier molecular flexibility index (Phi) is 21.6. The first kappa shape index (κ1) is 58.4. The van der Waals surface area contributed by atoms with Gasteiger partial charge in [0.05, 0.1) is 46.1 Å². The number of anilines is 2. The lowest BCUT2D eigenvalue weighted by Crippen LogP contribution is -2.54. The number of hydrogen-bond donors (Lipinski definition) is 1. The van der Waals surface area contributed by atoms with Gasteiger partial charge < -0.3 is 53.3 Å². The fraction of sp³-hybridized carbons (Fsp3) is 0.423. The number of halogens is 3. The van der Waals surface area contributed by atoms with E-state index >= 15 is 0 Å². The van der Waals surface area contributed by atoms with Crippen LogP contribution in [0, 0.1) is 11.6 Å². The van der Waals surface area contributed by atoms with Gasteiger partial charge in [0.2, 0.25) is 0 Å². The molecule has 18 nitrogen and oxygen atoms in total. The van der Waals surface area contributed by atoms with E-state index in [9.17, 15) is 37.5 Å². The van der Waals surface area contributed by atoms with E-state index in [1.807, 2.05) is 32.9 Å². The summed E-state index contributed by atoms with van der Waals surface area (Å²) in [7, 11) is 5.59. The van der Waals surface area contributed by atoms with Gasteiger partial charge in [-0.3, -0.25) is 4.90 Å². The number of nitrogens with one attached hydrogen (secondary N) is 1. The van der Waals surface area contributed by atoms with Gasteiger partial charge in [-0.05, 0) is 95.6 Å². The fourth-order valence-electron chi connectivity index (χ4n) is 6.94. The number of carbonyl (C=O) groups excluding carboxylic acids is 6. The molecule has 21 heteroatoms. The zero-order valence-corrected chi connectivity index (χ0v) is 44.5. The number of alkyl halides is 1. The number of ether oxygens (including phenoxy) is 6. The highest BCUT2D eigenvalue weighted by molar-refractivity contribution is 9.08. The van der Waals surface area contributed by atoms with E-state index in [0.29, 0.717) is 86.1 Å². The van der Waals surface area contributed by atoms with Crippen molar-refractivity contribution in [2.45, 2.75) is 64.6 Å². The van der Waals surface area contributed by atoms with E-state index in [-0.39, 0.29) is 41.4 Å². The van der Waals surface area contributed by atoms with Crippen LogP contribution in [0.15, 0.2) is 84.9 Å². The molecule has 1 N–H and O–H groups in total. The summed E-state index contributed by atoms with van der Waals surface area (Å²) >= 11 is 3.13. The second-order valence-electron chi connectivity index (χ2n) is 18.4. The lowest BCUT2D eigenvalue weighted by Gasteiger charge is -2.38. The van der Waals surface area contributed by atoms with Crippen molar-refractivity contribution in [1.82, 2.24) is 19.6 Å². The highest BCUT2D eigenvalue weighted by Crippen LogP contribution is 2.27. The number of nitrogens with zero attached hydrogens (tertiary/aromatic N) is 5. The van der Waals surface area contributed by atoms with Gasteiger partial charge >= 0.3 is 36.2 Å². The average molecular weight is 1080 g/mol. The summed E-state index contributed by atoms with van der Waals surface area (Å²) in [5.74, 6) is -0.985.